The zero-order valence-electron chi connectivity index (χ0n) is 7.12. The van der Waals surface area contributed by atoms with Crippen molar-refractivity contribution >= 4 is 17.1 Å². The molecule has 0 aliphatic rings. The van der Waals surface area contributed by atoms with Gasteiger partial charge in [0.1, 0.15) is 0 Å². The van der Waals surface area contributed by atoms with Gasteiger partial charge in [-0.25, -0.2) is 0 Å². The molecule has 0 radical (unpaired) electrons. The maximum atomic E-state index is 11.3. The van der Waals surface area contributed by atoms with Crippen LogP contribution >= 0.6 is 11.3 Å². The van der Waals surface area contributed by atoms with Crippen molar-refractivity contribution in [3.8, 4) is 0 Å². The average molecular weight is 183 g/mol. The van der Waals surface area contributed by atoms with E-state index >= 15 is 0 Å². The van der Waals surface area contributed by atoms with E-state index in [0.717, 1.165) is 11.3 Å². The molecule has 1 aromatic heterocycles. The van der Waals surface area contributed by atoms with Gasteiger partial charge in [0.15, 0.2) is 5.78 Å². The second kappa shape index (κ2) is 4.38. The average Bonchev–Trinajstić information content (AvgIpc) is 2.55. The number of hydrogen-bond acceptors (Lipinski definition) is 3. The molecule has 0 saturated heterocycles. The van der Waals surface area contributed by atoms with Gasteiger partial charge in [-0.3, -0.25) is 4.79 Å². The predicted molar refractivity (Wildman–Crippen MR) is 51.2 cm³/mol. The van der Waals surface area contributed by atoms with Gasteiger partial charge in [0.2, 0.25) is 0 Å². The summed E-state index contributed by atoms with van der Waals surface area (Å²) < 4.78 is 0. The third-order valence-corrected chi connectivity index (χ3v) is 2.65. The molecule has 0 fully saturated rings. The highest BCUT2D eigenvalue weighted by Crippen LogP contribution is 2.18. The summed E-state index contributed by atoms with van der Waals surface area (Å²) in [5, 5.41) is 1.94. The van der Waals surface area contributed by atoms with Crippen LogP contribution in [0, 0.1) is 0 Å². The van der Waals surface area contributed by atoms with E-state index in [2.05, 4.69) is 0 Å². The molecule has 3 heteroatoms. The van der Waals surface area contributed by atoms with Crippen molar-refractivity contribution < 1.29 is 4.79 Å². The number of ketones is 1. The Morgan fingerprint density at radius 3 is 3.00 bits per heavy atom. The Labute approximate surface area is 76.4 Å². The normalized spacial score (nSPS) is 12.8. The summed E-state index contributed by atoms with van der Waals surface area (Å²) in [5.74, 6) is 0.139. The van der Waals surface area contributed by atoms with Crippen molar-refractivity contribution in [1.29, 1.82) is 0 Å². The van der Waals surface area contributed by atoms with Gasteiger partial charge >= 0.3 is 0 Å². The van der Waals surface area contributed by atoms with Crippen molar-refractivity contribution in [2.75, 3.05) is 0 Å². The van der Waals surface area contributed by atoms with Crippen LogP contribution in [0.4, 0.5) is 0 Å². The number of carbonyl (C=O) groups excluding carboxylic acids is 1. The zero-order valence-corrected chi connectivity index (χ0v) is 7.93. The third kappa shape index (κ3) is 2.16. The largest absolute Gasteiger partial charge is 0.317 e. The van der Waals surface area contributed by atoms with Crippen molar-refractivity contribution in [3.05, 3.63) is 22.4 Å². The summed E-state index contributed by atoms with van der Waals surface area (Å²) in [6.45, 7) is 1.99. The van der Waals surface area contributed by atoms with Gasteiger partial charge in [-0.2, -0.15) is 0 Å². The Morgan fingerprint density at radius 1 is 1.75 bits per heavy atom. The van der Waals surface area contributed by atoms with Gasteiger partial charge in [-0.05, 0) is 17.9 Å². The lowest BCUT2D eigenvalue weighted by Gasteiger charge is -2.06. The van der Waals surface area contributed by atoms with E-state index in [1.807, 2.05) is 24.4 Å². The number of thiophene rings is 1. The molecule has 1 rings (SSSR count). The Morgan fingerprint density at radius 2 is 2.50 bits per heavy atom. The number of Topliss-reactive ketones (excluding diaryl/α,β-unsaturated/α-hetero) is 1. The topological polar surface area (TPSA) is 43.1 Å². The standard InChI is InChI=1S/C9H13NOS/c1-2-4-7(11)9(10)8-5-3-6-12-8/h3,5-6,9H,2,4,10H2,1H3. The van der Waals surface area contributed by atoms with Crippen LogP contribution in [0.25, 0.3) is 0 Å². The third-order valence-electron chi connectivity index (χ3n) is 1.69. The fourth-order valence-electron chi connectivity index (χ4n) is 1.03. The van der Waals surface area contributed by atoms with Gasteiger partial charge in [-0.1, -0.05) is 13.0 Å². The molecule has 0 bridgehead atoms. The fraction of sp³-hybridized carbons (Fsp3) is 0.444. The first-order valence-electron chi connectivity index (χ1n) is 4.07. The Kier molecular flexibility index (Phi) is 3.44. The van der Waals surface area contributed by atoms with Crippen molar-refractivity contribution in [2.45, 2.75) is 25.8 Å². The molecule has 2 N–H and O–H groups in total. The molecule has 12 heavy (non-hydrogen) atoms. The minimum absolute atomic E-state index is 0.139. The van der Waals surface area contributed by atoms with Gasteiger partial charge < -0.3 is 5.73 Å². The Balaban J connectivity index is 2.59. The summed E-state index contributed by atoms with van der Waals surface area (Å²) in [5.41, 5.74) is 5.73. The molecule has 1 heterocycles. The van der Waals surface area contributed by atoms with Crippen molar-refractivity contribution in [3.63, 3.8) is 0 Å². The van der Waals surface area contributed by atoms with Gasteiger partial charge in [-0.15, -0.1) is 11.3 Å². The lowest BCUT2D eigenvalue weighted by Crippen LogP contribution is -2.19. The van der Waals surface area contributed by atoms with Crippen LogP contribution in [0.15, 0.2) is 17.5 Å². The van der Waals surface area contributed by atoms with Crippen LogP contribution in [0.2, 0.25) is 0 Å². The predicted octanol–water partition coefficient (Wildman–Crippen LogP) is 2.12. The van der Waals surface area contributed by atoms with E-state index in [-0.39, 0.29) is 5.78 Å². The molecule has 1 unspecified atom stereocenters. The van der Waals surface area contributed by atoms with Crippen LogP contribution in [0.1, 0.15) is 30.7 Å². The first kappa shape index (κ1) is 9.42. The van der Waals surface area contributed by atoms with Crippen LogP contribution in [0.5, 0.6) is 0 Å². The van der Waals surface area contributed by atoms with Crippen LogP contribution in [0.3, 0.4) is 0 Å². The van der Waals surface area contributed by atoms with E-state index in [4.69, 9.17) is 5.73 Å². The second-order valence-electron chi connectivity index (χ2n) is 2.71. The molecule has 66 valence electrons. The quantitative estimate of drug-likeness (QED) is 0.777. The van der Waals surface area contributed by atoms with Crippen LogP contribution < -0.4 is 5.73 Å². The van der Waals surface area contributed by atoms with E-state index in [9.17, 15) is 4.79 Å². The van der Waals surface area contributed by atoms with E-state index in [1.165, 1.54) is 11.3 Å². The maximum absolute atomic E-state index is 11.3. The maximum Gasteiger partial charge on any atom is 0.154 e. The first-order chi connectivity index (χ1) is 5.75. The minimum atomic E-state index is -0.398. The summed E-state index contributed by atoms with van der Waals surface area (Å²) in [4.78, 5) is 12.3. The van der Waals surface area contributed by atoms with E-state index < -0.39 is 6.04 Å². The lowest BCUT2D eigenvalue weighted by molar-refractivity contribution is -0.120. The highest BCUT2D eigenvalue weighted by molar-refractivity contribution is 7.10. The summed E-state index contributed by atoms with van der Waals surface area (Å²) in [6, 6.07) is 3.42. The molecule has 0 aliphatic heterocycles. The SMILES string of the molecule is CCCC(=O)C(N)c1cccs1. The van der Waals surface area contributed by atoms with Gasteiger partial charge in [0.05, 0.1) is 6.04 Å². The monoisotopic (exact) mass is 183 g/mol. The molecule has 0 amide bonds. The summed E-state index contributed by atoms with van der Waals surface area (Å²) >= 11 is 1.54. The first-order valence-corrected chi connectivity index (χ1v) is 4.95. The molecule has 0 spiro atoms. The fourth-order valence-corrected chi connectivity index (χ4v) is 1.78. The molecule has 1 atom stereocenters. The molecule has 2 nitrogen and oxygen atoms in total. The Hall–Kier alpha value is -0.670. The molecule has 0 aromatic carbocycles. The van der Waals surface area contributed by atoms with Crippen molar-refractivity contribution in [1.82, 2.24) is 0 Å². The number of hydrogen-bond donors (Lipinski definition) is 1. The summed E-state index contributed by atoms with van der Waals surface area (Å²) in [7, 11) is 0. The molecule has 0 aliphatic carbocycles. The number of nitrogens with two attached hydrogens (primary N) is 1. The van der Waals surface area contributed by atoms with E-state index in [1.54, 1.807) is 0 Å². The lowest BCUT2D eigenvalue weighted by atomic mass is 10.1. The number of carbonyl (C=O) groups is 1. The van der Waals surface area contributed by atoms with Crippen molar-refractivity contribution in [2.24, 2.45) is 5.73 Å². The molecular weight excluding hydrogens is 170 g/mol. The molecular formula is C9H13NOS. The summed E-state index contributed by atoms with van der Waals surface area (Å²) in [6.07, 6.45) is 1.46. The highest BCUT2D eigenvalue weighted by atomic mass is 32.1. The highest BCUT2D eigenvalue weighted by Gasteiger charge is 2.14. The van der Waals surface area contributed by atoms with E-state index in [0.29, 0.717) is 6.42 Å². The van der Waals surface area contributed by atoms with Crippen LogP contribution in [-0.2, 0) is 4.79 Å². The van der Waals surface area contributed by atoms with Gasteiger partial charge in [0.25, 0.3) is 0 Å². The molecule has 1 aromatic rings. The minimum Gasteiger partial charge on any atom is -0.317 e. The second-order valence-corrected chi connectivity index (χ2v) is 3.69. The molecule has 0 saturated carbocycles. The Bertz CT molecular complexity index is 243. The van der Waals surface area contributed by atoms with Gasteiger partial charge in [0, 0.05) is 11.3 Å². The zero-order chi connectivity index (χ0) is 8.97. The smallest absolute Gasteiger partial charge is 0.154 e. The van der Waals surface area contributed by atoms with Crippen LogP contribution in [-0.4, -0.2) is 5.78 Å². The number of rotatable bonds is 4.